The zero-order valence-corrected chi connectivity index (χ0v) is 72.6. The molecule has 0 aliphatic rings. The third-order valence-corrected chi connectivity index (χ3v) is 27.3. The van der Waals surface area contributed by atoms with Gasteiger partial charge in [0.15, 0.2) is 0 Å². The van der Waals surface area contributed by atoms with Crippen LogP contribution >= 0.6 is 0 Å². The van der Waals surface area contributed by atoms with Crippen molar-refractivity contribution in [3.8, 4) is 84.3 Å². The summed E-state index contributed by atoms with van der Waals surface area (Å²) in [7, 11) is 0. The number of rotatable bonds is 11. The van der Waals surface area contributed by atoms with Crippen LogP contribution in [0.5, 0.6) is 0 Å². The zero-order chi connectivity index (χ0) is 87.6. The van der Waals surface area contributed by atoms with Gasteiger partial charge >= 0.3 is 0 Å². The van der Waals surface area contributed by atoms with E-state index < -0.39 is 0 Å². The number of aromatic nitrogens is 7. The van der Waals surface area contributed by atoms with Crippen LogP contribution in [0.3, 0.4) is 0 Å². The van der Waals surface area contributed by atoms with Crippen molar-refractivity contribution in [2.24, 2.45) is 0 Å². The first-order valence-corrected chi connectivity index (χ1v) is 45.7. The van der Waals surface area contributed by atoms with Crippen LogP contribution in [0.25, 0.3) is 237 Å². The summed E-state index contributed by atoms with van der Waals surface area (Å²) in [6, 6.07) is 182. The first-order chi connectivity index (χ1) is 66.1. The molecule has 28 aromatic rings. The van der Waals surface area contributed by atoms with Crippen LogP contribution in [0.4, 0.5) is 0 Å². The second-order valence-corrected chi connectivity index (χ2v) is 34.5. The minimum absolute atomic E-state index is 1.13. The number of hydrogen-bond donors (Lipinski definition) is 0. The van der Waals surface area contributed by atoms with Crippen molar-refractivity contribution < 1.29 is 0 Å². The topological polar surface area (TPSA) is 34.5 Å². The van der Waals surface area contributed by atoms with Crippen molar-refractivity contribution in [3.05, 3.63) is 504 Å². The Morgan fingerprint density at radius 2 is 0.331 bits per heavy atom. The molecule has 28 rings (SSSR count). The van der Waals surface area contributed by atoms with Gasteiger partial charge in [-0.25, -0.2) is 0 Å². The van der Waals surface area contributed by atoms with Crippen LogP contribution < -0.4 is 0 Å². The standard InChI is InChI=1S/C48H32N2.C42H27N3.C36H24N2/c1-3-17-33(18-4-1)35-21-7-11-27-41(35)49-43-29-13-9-23-39(43)47-37(25-15-31-45(47)49)38-26-16-32-46-48(38)40-24-10-14-30-44(40)50(46)42-28-12-8-22-36(42)34-19-5-2-6-20-34;1-7-19-37-31(13-1)32-14-2-8-20-38(32)43(37)28-25-29(44-39-21-9-3-15-33(39)34-16-4-10-22-40(34)44)27-30(26-28)45-41-23-11-5-17-35(41)36-18-6-12-24-42(36)45;1-2-12-27(13-3-1)37-35-20-9-6-17-31(35)32-24-26(21-22-36(32)37)25-11-10-14-28(23-25)38-33-18-7-4-15-29(33)30-16-5-8-19-34(30)38/h1-32H;1-27H;1-24H. The molecular weight excluding hydrogens is 1610 g/mol. The Bertz CT molecular complexity index is 8750. The summed E-state index contributed by atoms with van der Waals surface area (Å²) in [5, 5.41) is 17.7. The van der Waals surface area contributed by atoms with Crippen LogP contribution in [0, 0.1) is 0 Å². The van der Waals surface area contributed by atoms with Crippen molar-refractivity contribution in [1.82, 2.24) is 32.0 Å². The molecule has 0 atom stereocenters. The second kappa shape index (κ2) is 31.6. The monoisotopic (exact) mass is 1690 g/mol. The van der Waals surface area contributed by atoms with E-state index in [0.29, 0.717) is 0 Å². The number of para-hydroxylation sites is 14. The Morgan fingerprint density at radius 3 is 0.684 bits per heavy atom. The maximum absolute atomic E-state index is 2.45. The average Bonchev–Trinajstić information content (AvgIpc) is 1.56. The molecule has 0 aliphatic heterocycles. The van der Waals surface area contributed by atoms with Gasteiger partial charge in [-0.15, -0.1) is 0 Å². The lowest BCUT2D eigenvalue weighted by atomic mass is 9.95. The van der Waals surface area contributed by atoms with Crippen LogP contribution in [0.2, 0.25) is 0 Å². The molecule has 0 radical (unpaired) electrons. The number of benzene rings is 21. The van der Waals surface area contributed by atoms with Gasteiger partial charge in [-0.3, -0.25) is 0 Å². The molecule has 7 nitrogen and oxygen atoms in total. The molecule has 0 spiro atoms. The van der Waals surface area contributed by atoms with Gasteiger partial charge in [0.1, 0.15) is 0 Å². The molecule has 7 heteroatoms. The van der Waals surface area contributed by atoms with Gasteiger partial charge < -0.3 is 32.0 Å². The van der Waals surface area contributed by atoms with E-state index in [1.54, 1.807) is 0 Å². The van der Waals surface area contributed by atoms with Crippen molar-refractivity contribution in [2.45, 2.75) is 0 Å². The van der Waals surface area contributed by atoms with E-state index in [0.717, 1.165) is 17.1 Å². The SMILES string of the molecule is c1ccc(-c2ccccc2-n2c3ccccc3c3c(-c4cccc5c4c4ccccc4n5-c4ccccc4-c4ccccc4)cccc32)cc1.c1ccc(-n2c3ccccc3c3cc(-c4cccc(-n5c6ccccc6c6ccccc65)c4)ccc32)cc1.c1ccc2c(c1)c1ccccc1n2-c1cc(-n2c3ccccc3c3ccccc32)cc(-n2c3ccccc3c3ccccc32)c1. The predicted molar refractivity (Wildman–Crippen MR) is 561 cm³/mol. The molecule has 0 N–H and O–H groups in total. The highest BCUT2D eigenvalue weighted by molar-refractivity contribution is 6.23. The summed E-state index contributed by atoms with van der Waals surface area (Å²) in [5.41, 5.74) is 34.7. The fourth-order valence-corrected chi connectivity index (χ4v) is 21.7. The molecule has 0 saturated carbocycles. The van der Waals surface area contributed by atoms with E-state index in [-0.39, 0.29) is 0 Å². The molecule has 0 unspecified atom stereocenters. The Kier molecular flexibility index (Phi) is 18.2. The summed E-state index contributed by atoms with van der Waals surface area (Å²) in [6.07, 6.45) is 0. The highest BCUT2D eigenvalue weighted by Crippen LogP contribution is 2.48. The lowest BCUT2D eigenvalue weighted by Gasteiger charge is -2.17. The lowest BCUT2D eigenvalue weighted by molar-refractivity contribution is 1.10. The molecular formula is C126H83N7. The molecule has 133 heavy (non-hydrogen) atoms. The fourth-order valence-electron chi connectivity index (χ4n) is 21.7. The van der Waals surface area contributed by atoms with Crippen LogP contribution in [0.1, 0.15) is 0 Å². The summed E-state index contributed by atoms with van der Waals surface area (Å²) in [5.74, 6) is 0. The van der Waals surface area contributed by atoms with Gasteiger partial charge in [-0.1, -0.05) is 358 Å². The number of nitrogens with zero attached hydrogens (tertiary/aromatic N) is 7. The lowest BCUT2D eigenvalue weighted by Crippen LogP contribution is -2.03. The van der Waals surface area contributed by atoms with Crippen LogP contribution in [0.15, 0.2) is 504 Å². The van der Waals surface area contributed by atoms with E-state index in [1.165, 1.54) is 220 Å². The van der Waals surface area contributed by atoms with Crippen molar-refractivity contribution >= 4 is 153 Å². The van der Waals surface area contributed by atoms with Gasteiger partial charge in [0.05, 0.1) is 106 Å². The molecule has 0 fully saturated rings. The van der Waals surface area contributed by atoms with E-state index in [9.17, 15) is 0 Å². The maximum atomic E-state index is 2.45. The molecule has 7 aromatic heterocycles. The maximum Gasteiger partial charge on any atom is 0.0547 e. The zero-order valence-electron chi connectivity index (χ0n) is 72.6. The summed E-state index contributed by atoms with van der Waals surface area (Å²) in [6.45, 7) is 0. The average molecular weight is 1700 g/mol. The van der Waals surface area contributed by atoms with E-state index in [1.807, 2.05) is 0 Å². The van der Waals surface area contributed by atoms with Crippen molar-refractivity contribution in [3.63, 3.8) is 0 Å². The van der Waals surface area contributed by atoms with Crippen molar-refractivity contribution in [2.75, 3.05) is 0 Å². The molecule has 0 aliphatic carbocycles. The molecule has 0 bridgehead atoms. The fraction of sp³-hybridized carbons (Fsp3) is 0. The molecule has 0 amide bonds. The summed E-state index contributed by atoms with van der Waals surface area (Å²) < 4.78 is 16.9. The van der Waals surface area contributed by atoms with E-state index in [2.05, 4.69) is 535 Å². The minimum Gasteiger partial charge on any atom is -0.309 e. The quantitative estimate of drug-likeness (QED) is 0.124. The first-order valence-electron chi connectivity index (χ1n) is 45.7. The van der Waals surface area contributed by atoms with Gasteiger partial charge in [0, 0.05) is 97.9 Å². The van der Waals surface area contributed by atoms with Crippen LogP contribution in [-0.2, 0) is 0 Å². The third kappa shape index (κ3) is 12.4. The smallest absolute Gasteiger partial charge is 0.0547 e. The highest BCUT2D eigenvalue weighted by atomic mass is 15.1. The Morgan fingerprint density at radius 1 is 0.105 bits per heavy atom. The predicted octanol–water partition coefficient (Wildman–Crippen LogP) is 33.4. The van der Waals surface area contributed by atoms with Crippen LogP contribution in [-0.4, -0.2) is 32.0 Å². The summed E-state index contributed by atoms with van der Waals surface area (Å²) in [4.78, 5) is 0. The first kappa shape index (κ1) is 76.5. The Labute approximate surface area is 767 Å². The molecule has 0 saturated heterocycles. The van der Waals surface area contributed by atoms with E-state index >= 15 is 0 Å². The highest BCUT2D eigenvalue weighted by Gasteiger charge is 2.26. The largest absolute Gasteiger partial charge is 0.309 e. The molecule has 21 aromatic carbocycles. The second-order valence-electron chi connectivity index (χ2n) is 34.5. The Balaban J connectivity index is 0.000000105. The molecule has 622 valence electrons. The van der Waals surface area contributed by atoms with Gasteiger partial charge in [0.2, 0.25) is 0 Å². The van der Waals surface area contributed by atoms with Crippen molar-refractivity contribution in [1.29, 1.82) is 0 Å². The van der Waals surface area contributed by atoms with Gasteiger partial charge in [-0.2, -0.15) is 0 Å². The Hall–Kier alpha value is -17.8. The number of fused-ring (bicyclic) bond motifs is 21. The normalized spacial score (nSPS) is 11.8. The third-order valence-electron chi connectivity index (χ3n) is 27.3. The number of hydrogen-bond acceptors (Lipinski definition) is 0. The summed E-state index contributed by atoms with van der Waals surface area (Å²) >= 11 is 0. The molecule has 7 heterocycles. The van der Waals surface area contributed by atoms with Gasteiger partial charge in [-0.05, 0) is 179 Å². The van der Waals surface area contributed by atoms with Gasteiger partial charge in [0.25, 0.3) is 0 Å². The minimum atomic E-state index is 1.13. The van der Waals surface area contributed by atoms with E-state index in [4.69, 9.17) is 0 Å².